The highest BCUT2D eigenvalue weighted by molar-refractivity contribution is 7.71. The zero-order valence-electron chi connectivity index (χ0n) is 11.4. The van der Waals surface area contributed by atoms with Gasteiger partial charge in [-0.3, -0.25) is 5.10 Å². The van der Waals surface area contributed by atoms with E-state index in [1.165, 1.54) is 16.8 Å². The molecule has 1 heterocycles. The third-order valence-electron chi connectivity index (χ3n) is 2.97. The molecule has 1 aromatic heterocycles. The molecule has 4 nitrogen and oxygen atoms in total. The summed E-state index contributed by atoms with van der Waals surface area (Å²) < 4.78 is 40.6. The van der Waals surface area contributed by atoms with E-state index in [0.717, 1.165) is 12.5 Å². The van der Waals surface area contributed by atoms with Crippen molar-refractivity contribution in [2.45, 2.75) is 32.5 Å². The van der Waals surface area contributed by atoms with Crippen LogP contribution < -0.4 is 5.43 Å². The Bertz CT molecular complexity index is 660. The van der Waals surface area contributed by atoms with Gasteiger partial charge in [-0.15, -0.1) is 0 Å². The summed E-state index contributed by atoms with van der Waals surface area (Å²) in [4.78, 5) is 0. The molecule has 1 aromatic carbocycles. The first-order chi connectivity index (χ1) is 9.93. The zero-order valence-corrected chi connectivity index (χ0v) is 12.2. The van der Waals surface area contributed by atoms with Crippen LogP contribution in [0.5, 0.6) is 0 Å². The van der Waals surface area contributed by atoms with Crippen molar-refractivity contribution >= 4 is 12.2 Å². The normalized spacial score (nSPS) is 11.6. The van der Waals surface area contributed by atoms with Crippen LogP contribution in [0.1, 0.15) is 30.3 Å². The van der Waals surface area contributed by atoms with E-state index in [2.05, 4.69) is 15.6 Å². The van der Waals surface area contributed by atoms with Crippen LogP contribution in [0, 0.1) is 4.77 Å². The molecule has 0 aliphatic carbocycles. The predicted molar refractivity (Wildman–Crippen MR) is 75.9 cm³/mol. The molecule has 2 N–H and O–H groups in total. The Morgan fingerprint density at radius 3 is 2.71 bits per heavy atom. The number of aromatic amines is 1. The van der Waals surface area contributed by atoms with E-state index in [1.807, 2.05) is 6.92 Å². The molecule has 0 fully saturated rings. The molecule has 0 aliphatic rings. The summed E-state index contributed by atoms with van der Waals surface area (Å²) in [6, 6.07) is 5.46. The minimum atomic E-state index is -4.37. The molecule has 0 atom stereocenters. The molecule has 0 unspecified atom stereocenters. The fraction of sp³-hybridized carbons (Fsp3) is 0.385. The molecule has 2 aromatic rings. The van der Waals surface area contributed by atoms with Crippen molar-refractivity contribution in [3.8, 4) is 0 Å². The smallest absolute Gasteiger partial charge is 0.318 e. The fourth-order valence-electron chi connectivity index (χ4n) is 2.00. The van der Waals surface area contributed by atoms with Crippen LogP contribution in [0.3, 0.4) is 0 Å². The highest BCUT2D eigenvalue weighted by atomic mass is 32.1. The molecule has 114 valence electrons. The zero-order chi connectivity index (χ0) is 15.5. The molecule has 0 saturated carbocycles. The average Bonchev–Trinajstić information content (AvgIpc) is 2.77. The van der Waals surface area contributed by atoms with Gasteiger partial charge in [-0.1, -0.05) is 25.1 Å². The molecule has 0 amide bonds. The third kappa shape index (κ3) is 3.63. The Labute approximate surface area is 125 Å². The van der Waals surface area contributed by atoms with E-state index < -0.39 is 11.7 Å². The largest absolute Gasteiger partial charge is 0.416 e. The van der Waals surface area contributed by atoms with E-state index in [-0.39, 0.29) is 12.1 Å². The summed E-state index contributed by atoms with van der Waals surface area (Å²) in [5, 5.41) is 6.68. The van der Waals surface area contributed by atoms with Crippen LogP contribution in [-0.2, 0) is 19.1 Å². The minimum absolute atomic E-state index is 0.0141. The van der Waals surface area contributed by atoms with Crippen LogP contribution in [0.2, 0.25) is 0 Å². The number of rotatable bonds is 5. The standard InChI is InChI=1S/C13H15F3N4S/c1-2-5-11-18-19-12(21)20(11)17-8-9-6-3-4-7-10(9)13(14,15)16/h3-4,6-7,17H,2,5,8H2,1H3,(H,19,21). The van der Waals surface area contributed by atoms with Gasteiger partial charge in [-0.05, 0) is 30.3 Å². The first kappa shape index (κ1) is 15.6. The summed E-state index contributed by atoms with van der Waals surface area (Å²) in [6.07, 6.45) is -2.83. The number of hydrogen-bond donors (Lipinski definition) is 2. The molecule has 21 heavy (non-hydrogen) atoms. The molecule has 8 heteroatoms. The van der Waals surface area contributed by atoms with Gasteiger partial charge >= 0.3 is 6.18 Å². The Balaban J connectivity index is 2.22. The molecular formula is C13H15F3N4S. The Morgan fingerprint density at radius 2 is 2.05 bits per heavy atom. The predicted octanol–water partition coefficient (Wildman–Crippen LogP) is 3.66. The lowest BCUT2D eigenvalue weighted by Gasteiger charge is -2.14. The highest BCUT2D eigenvalue weighted by Crippen LogP contribution is 2.31. The first-order valence-electron chi connectivity index (χ1n) is 6.48. The maximum atomic E-state index is 12.9. The molecule has 0 bridgehead atoms. The van der Waals surface area contributed by atoms with Crippen LogP contribution in [-0.4, -0.2) is 14.9 Å². The molecule has 0 radical (unpaired) electrons. The van der Waals surface area contributed by atoms with Crippen molar-refractivity contribution in [3.63, 3.8) is 0 Å². The monoisotopic (exact) mass is 316 g/mol. The topological polar surface area (TPSA) is 45.6 Å². The molecule has 2 rings (SSSR count). The van der Waals surface area contributed by atoms with Crippen molar-refractivity contribution in [3.05, 3.63) is 46.0 Å². The first-order valence-corrected chi connectivity index (χ1v) is 6.89. The van der Waals surface area contributed by atoms with Crippen LogP contribution in [0.25, 0.3) is 0 Å². The Kier molecular flexibility index (Phi) is 4.66. The van der Waals surface area contributed by atoms with Crippen molar-refractivity contribution in [1.82, 2.24) is 14.9 Å². The maximum Gasteiger partial charge on any atom is 0.416 e. The SMILES string of the molecule is CCCc1n[nH]c(=S)n1NCc1ccccc1C(F)(F)F. The summed E-state index contributed by atoms with van der Waals surface area (Å²) in [5.74, 6) is 0.673. The quantitative estimate of drug-likeness (QED) is 0.828. The second kappa shape index (κ2) is 6.30. The second-order valence-electron chi connectivity index (χ2n) is 4.52. The van der Waals surface area contributed by atoms with Crippen molar-refractivity contribution in [2.75, 3.05) is 5.43 Å². The maximum absolute atomic E-state index is 12.9. The van der Waals surface area contributed by atoms with E-state index in [0.29, 0.717) is 17.0 Å². The van der Waals surface area contributed by atoms with Gasteiger partial charge in [0.2, 0.25) is 4.77 Å². The fourth-order valence-corrected chi connectivity index (χ4v) is 2.21. The number of halogens is 3. The molecule has 0 spiro atoms. The Hall–Kier alpha value is -1.83. The summed E-state index contributed by atoms with van der Waals surface area (Å²) >= 11 is 5.07. The lowest BCUT2D eigenvalue weighted by Crippen LogP contribution is -2.20. The van der Waals surface area contributed by atoms with Gasteiger partial charge in [-0.25, -0.2) is 4.68 Å². The van der Waals surface area contributed by atoms with Crippen molar-refractivity contribution in [1.29, 1.82) is 0 Å². The third-order valence-corrected chi connectivity index (χ3v) is 3.24. The van der Waals surface area contributed by atoms with E-state index in [1.54, 1.807) is 6.07 Å². The lowest BCUT2D eigenvalue weighted by atomic mass is 10.1. The van der Waals surface area contributed by atoms with Gasteiger partial charge in [0.15, 0.2) is 5.82 Å². The van der Waals surface area contributed by atoms with E-state index in [4.69, 9.17) is 12.2 Å². The van der Waals surface area contributed by atoms with Gasteiger partial charge in [0.1, 0.15) is 0 Å². The average molecular weight is 316 g/mol. The van der Waals surface area contributed by atoms with Crippen molar-refractivity contribution < 1.29 is 13.2 Å². The second-order valence-corrected chi connectivity index (χ2v) is 4.91. The van der Waals surface area contributed by atoms with Gasteiger partial charge in [0.05, 0.1) is 12.1 Å². The van der Waals surface area contributed by atoms with Crippen LogP contribution in [0.15, 0.2) is 24.3 Å². The number of nitrogens with one attached hydrogen (secondary N) is 2. The number of aryl methyl sites for hydroxylation is 1. The highest BCUT2D eigenvalue weighted by Gasteiger charge is 2.32. The van der Waals surface area contributed by atoms with Gasteiger partial charge < -0.3 is 5.43 Å². The Morgan fingerprint density at radius 1 is 1.33 bits per heavy atom. The number of nitrogens with zero attached hydrogens (tertiary/aromatic N) is 2. The molecule has 0 aliphatic heterocycles. The molecule has 0 saturated heterocycles. The number of aromatic nitrogens is 3. The summed E-state index contributed by atoms with van der Waals surface area (Å²) in [5.41, 5.74) is 2.41. The minimum Gasteiger partial charge on any atom is -0.318 e. The molecular weight excluding hydrogens is 301 g/mol. The van der Waals surface area contributed by atoms with Crippen LogP contribution >= 0.6 is 12.2 Å². The number of hydrogen-bond acceptors (Lipinski definition) is 3. The van der Waals surface area contributed by atoms with Gasteiger partial charge in [0, 0.05) is 6.42 Å². The summed E-state index contributed by atoms with van der Waals surface area (Å²) in [6.45, 7) is 2.00. The van der Waals surface area contributed by atoms with Crippen molar-refractivity contribution in [2.24, 2.45) is 0 Å². The number of benzene rings is 1. The van der Waals surface area contributed by atoms with Gasteiger partial charge in [0.25, 0.3) is 0 Å². The lowest BCUT2D eigenvalue weighted by molar-refractivity contribution is -0.138. The van der Waals surface area contributed by atoms with E-state index >= 15 is 0 Å². The van der Waals surface area contributed by atoms with E-state index in [9.17, 15) is 13.2 Å². The number of alkyl halides is 3. The van der Waals surface area contributed by atoms with Crippen LogP contribution in [0.4, 0.5) is 13.2 Å². The summed E-state index contributed by atoms with van der Waals surface area (Å²) in [7, 11) is 0. The number of H-pyrrole nitrogens is 1. The van der Waals surface area contributed by atoms with Gasteiger partial charge in [-0.2, -0.15) is 18.3 Å².